The molecule has 2 aromatic heterocycles. The van der Waals surface area contributed by atoms with E-state index in [1.807, 2.05) is 6.92 Å². The van der Waals surface area contributed by atoms with Crippen molar-refractivity contribution in [1.29, 1.82) is 0 Å². The number of aromatic nitrogens is 3. The van der Waals surface area contributed by atoms with Crippen molar-refractivity contribution in [2.24, 2.45) is 0 Å². The van der Waals surface area contributed by atoms with Crippen LogP contribution in [0.3, 0.4) is 0 Å². The third-order valence-corrected chi connectivity index (χ3v) is 4.47. The number of aryl methyl sites for hydroxylation is 1. The third-order valence-electron chi connectivity index (χ3n) is 3.90. The Bertz CT molecular complexity index is 1020. The number of halogens is 4. The van der Waals surface area contributed by atoms with Gasteiger partial charge in [0.05, 0.1) is 11.6 Å². The summed E-state index contributed by atoms with van der Waals surface area (Å²) in [4.78, 5) is 19.5. The van der Waals surface area contributed by atoms with Crippen LogP contribution < -0.4 is 0 Å². The molecular weight excluding hydrogens is 399 g/mol. The molecule has 0 aliphatic heterocycles. The number of carboxylic acid groups (broad SMARTS) is 1. The minimum atomic E-state index is -3.06. The van der Waals surface area contributed by atoms with Crippen molar-refractivity contribution in [2.45, 2.75) is 19.9 Å². The topological polar surface area (TPSA) is 68.0 Å². The number of aromatic carboxylic acids is 1. The van der Waals surface area contributed by atoms with Crippen LogP contribution in [0.1, 0.15) is 33.7 Å². The largest absolute Gasteiger partial charge is 0.477 e. The van der Waals surface area contributed by atoms with Crippen molar-refractivity contribution in [2.75, 3.05) is 0 Å². The molecule has 0 aliphatic rings. The first-order chi connectivity index (χ1) is 12.8. The zero-order chi connectivity index (χ0) is 19.7. The summed E-state index contributed by atoms with van der Waals surface area (Å²) in [5, 5.41) is 10.2. The number of carboxylic acids is 1. The Labute approximate surface area is 163 Å². The van der Waals surface area contributed by atoms with Gasteiger partial charge >= 0.3 is 5.97 Å². The molecule has 140 valence electrons. The molecule has 0 spiro atoms. The van der Waals surface area contributed by atoms with Gasteiger partial charge in [-0.05, 0) is 24.6 Å². The van der Waals surface area contributed by atoms with E-state index in [-0.39, 0.29) is 17.4 Å². The van der Waals surface area contributed by atoms with Crippen molar-refractivity contribution in [3.05, 3.63) is 69.2 Å². The first-order valence-corrected chi connectivity index (χ1v) is 8.51. The molecule has 0 saturated heterocycles. The predicted octanol–water partition coefficient (Wildman–Crippen LogP) is 5.24. The number of hydrogen-bond acceptors (Lipinski definition) is 3. The van der Waals surface area contributed by atoms with E-state index < -0.39 is 23.8 Å². The van der Waals surface area contributed by atoms with Gasteiger partial charge in [0, 0.05) is 23.0 Å². The maximum absolute atomic E-state index is 13.5. The van der Waals surface area contributed by atoms with Gasteiger partial charge in [-0.25, -0.2) is 18.6 Å². The molecule has 0 amide bonds. The van der Waals surface area contributed by atoms with Crippen molar-refractivity contribution in [3.8, 4) is 11.4 Å². The van der Waals surface area contributed by atoms with Crippen LogP contribution >= 0.6 is 23.2 Å². The number of carbonyl (C=O) groups is 1. The molecule has 3 rings (SSSR count). The highest BCUT2D eigenvalue weighted by atomic mass is 35.5. The minimum absolute atomic E-state index is 0.0234. The fourth-order valence-corrected chi connectivity index (χ4v) is 3.10. The van der Waals surface area contributed by atoms with Crippen LogP contribution in [0.4, 0.5) is 8.78 Å². The molecule has 0 unspecified atom stereocenters. The van der Waals surface area contributed by atoms with Crippen molar-refractivity contribution >= 4 is 29.2 Å². The highest BCUT2D eigenvalue weighted by Crippen LogP contribution is 2.31. The maximum atomic E-state index is 13.5. The molecular formula is C18H13Cl2F2N3O2. The number of hydrogen-bond donors (Lipinski definition) is 1. The van der Waals surface area contributed by atoms with Gasteiger partial charge in [-0.3, -0.25) is 4.98 Å². The van der Waals surface area contributed by atoms with Crippen LogP contribution in [-0.2, 0) is 6.54 Å². The second-order valence-corrected chi connectivity index (χ2v) is 6.69. The summed E-state index contributed by atoms with van der Waals surface area (Å²) in [6.45, 7) is 1.79. The fourth-order valence-electron chi connectivity index (χ4n) is 2.75. The maximum Gasteiger partial charge on any atom is 0.354 e. The fraction of sp³-hybridized carbons (Fsp3) is 0.167. The van der Waals surface area contributed by atoms with Crippen molar-refractivity contribution < 1.29 is 18.7 Å². The number of rotatable bonds is 5. The zero-order valence-electron chi connectivity index (χ0n) is 14.0. The van der Waals surface area contributed by atoms with E-state index in [9.17, 15) is 18.7 Å². The summed E-state index contributed by atoms with van der Waals surface area (Å²) in [6.07, 6.45) is -0.304. The Balaban J connectivity index is 2.25. The summed E-state index contributed by atoms with van der Waals surface area (Å²) in [7, 11) is 0. The normalized spacial score (nSPS) is 11.2. The highest BCUT2D eigenvalue weighted by Gasteiger charge is 2.29. The lowest BCUT2D eigenvalue weighted by Crippen LogP contribution is -2.13. The molecule has 0 saturated carbocycles. The average molecular weight is 412 g/mol. The smallest absolute Gasteiger partial charge is 0.354 e. The Hall–Kier alpha value is -2.51. The van der Waals surface area contributed by atoms with Crippen LogP contribution in [0.25, 0.3) is 11.4 Å². The summed E-state index contributed by atoms with van der Waals surface area (Å²) >= 11 is 12.1. The van der Waals surface area contributed by atoms with Crippen molar-refractivity contribution in [1.82, 2.24) is 14.5 Å². The van der Waals surface area contributed by atoms with Gasteiger partial charge in [0.1, 0.15) is 11.5 Å². The number of alkyl halides is 2. The number of benzene rings is 1. The zero-order valence-corrected chi connectivity index (χ0v) is 15.5. The molecule has 9 heteroatoms. The molecule has 0 bridgehead atoms. The van der Waals surface area contributed by atoms with Crippen LogP contribution in [0.2, 0.25) is 10.0 Å². The van der Waals surface area contributed by atoms with Gasteiger partial charge in [-0.2, -0.15) is 0 Å². The van der Waals surface area contributed by atoms with Crippen LogP contribution in [0.5, 0.6) is 0 Å². The number of imidazole rings is 1. The van der Waals surface area contributed by atoms with Gasteiger partial charge < -0.3 is 9.67 Å². The molecule has 0 aliphatic carbocycles. The molecule has 0 fully saturated rings. The van der Waals surface area contributed by atoms with Gasteiger partial charge in [-0.15, -0.1) is 0 Å². The van der Waals surface area contributed by atoms with E-state index in [1.165, 1.54) is 23.0 Å². The van der Waals surface area contributed by atoms with Gasteiger partial charge in [0.2, 0.25) is 0 Å². The summed E-state index contributed by atoms with van der Waals surface area (Å²) in [5.41, 5.74) is 0.375. The van der Waals surface area contributed by atoms with E-state index >= 15 is 0 Å². The molecule has 1 N–H and O–H groups in total. The first kappa shape index (κ1) is 19.3. The quantitative estimate of drug-likeness (QED) is 0.622. The van der Waals surface area contributed by atoms with Crippen LogP contribution in [0.15, 0.2) is 36.7 Å². The SMILES string of the molecule is Cc1ccc(Cl)c(Cn2c(-c3cncc(Cl)c3)nc(C(F)F)c2C(=O)O)c1. The Morgan fingerprint density at radius 3 is 2.63 bits per heavy atom. The molecule has 0 radical (unpaired) electrons. The van der Waals surface area contributed by atoms with E-state index in [4.69, 9.17) is 23.2 Å². The van der Waals surface area contributed by atoms with Gasteiger partial charge in [0.25, 0.3) is 6.43 Å². The molecule has 0 atom stereocenters. The molecule has 3 aromatic rings. The predicted molar refractivity (Wildman–Crippen MR) is 97.7 cm³/mol. The summed E-state index contributed by atoms with van der Waals surface area (Å²) in [6, 6.07) is 6.70. The average Bonchev–Trinajstić information content (AvgIpc) is 2.98. The molecule has 1 aromatic carbocycles. The summed E-state index contributed by atoms with van der Waals surface area (Å²) < 4.78 is 28.1. The van der Waals surface area contributed by atoms with E-state index in [0.29, 0.717) is 16.1 Å². The van der Waals surface area contributed by atoms with Crippen molar-refractivity contribution in [3.63, 3.8) is 0 Å². The Morgan fingerprint density at radius 2 is 2.00 bits per heavy atom. The Kier molecular flexibility index (Phi) is 5.43. The molecule has 2 heterocycles. The standard InChI is InChI=1S/C18H13Cl2F2N3O2/c1-9-2-3-13(20)11(4-9)8-25-15(18(26)27)14(16(21)22)24-17(25)10-5-12(19)7-23-6-10/h2-7,16H,8H2,1H3,(H,26,27). The second-order valence-electron chi connectivity index (χ2n) is 5.85. The lowest BCUT2D eigenvalue weighted by molar-refractivity contribution is 0.0671. The van der Waals surface area contributed by atoms with E-state index in [1.54, 1.807) is 18.2 Å². The third kappa shape index (κ3) is 3.94. The molecule has 5 nitrogen and oxygen atoms in total. The van der Waals surface area contributed by atoms with Gasteiger partial charge in [0.15, 0.2) is 5.69 Å². The van der Waals surface area contributed by atoms with Crippen LogP contribution in [0, 0.1) is 6.92 Å². The lowest BCUT2D eigenvalue weighted by atomic mass is 10.1. The summed E-state index contributed by atoms with van der Waals surface area (Å²) in [5.74, 6) is -1.49. The Morgan fingerprint density at radius 1 is 1.26 bits per heavy atom. The number of pyridine rings is 1. The van der Waals surface area contributed by atoms with E-state index in [0.717, 1.165) is 5.56 Å². The molecule has 27 heavy (non-hydrogen) atoms. The minimum Gasteiger partial charge on any atom is -0.477 e. The second kappa shape index (κ2) is 7.62. The number of nitrogens with zero attached hydrogens (tertiary/aromatic N) is 3. The van der Waals surface area contributed by atoms with Gasteiger partial charge in [-0.1, -0.05) is 40.9 Å². The van der Waals surface area contributed by atoms with Crippen LogP contribution in [-0.4, -0.2) is 25.6 Å². The van der Waals surface area contributed by atoms with E-state index in [2.05, 4.69) is 9.97 Å². The monoisotopic (exact) mass is 411 g/mol. The lowest BCUT2D eigenvalue weighted by Gasteiger charge is -2.12. The first-order valence-electron chi connectivity index (χ1n) is 7.75. The highest BCUT2D eigenvalue weighted by molar-refractivity contribution is 6.31.